The van der Waals surface area contributed by atoms with Crippen LogP contribution in [-0.4, -0.2) is 29.9 Å². The van der Waals surface area contributed by atoms with Crippen LogP contribution in [0.3, 0.4) is 0 Å². The highest BCUT2D eigenvalue weighted by Crippen LogP contribution is 2.16. The second kappa shape index (κ2) is 7.13. The highest BCUT2D eigenvalue weighted by atomic mass is 35.5. The molecule has 21 heavy (non-hydrogen) atoms. The molecule has 1 fully saturated rings. The van der Waals surface area contributed by atoms with Gasteiger partial charge in [0.1, 0.15) is 0 Å². The molecule has 0 saturated carbocycles. The number of nitrogens with two attached hydrogens (primary N) is 1. The van der Waals surface area contributed by atoms with Gasteiger partial charge in [-0.2, -0.15) is 0 Å². The van der Waals surface area contributed by atoms with Gasteiger partial charge in [0.15, 0.2) is 0 Å². The standard InChI is InChI=1S/C15H18ClN3O2/c16-13-3-1-11(2-4-13)5-8-18-15(21)19-9-6-12(7-10-19)14(17)20/h1-5,8,12H,6-7,9-10H2,(H2,17,20)(H,18,21)/b8-5+. The summed E-state index contributed by atoms with van der Waals surface area (Å²) in [6, 6.07) is 7.14. The van der Waals surface area contributed by atoms with Gasteiger partial charge in [-0.3, -0.25) is 4.79 Å². The van der Waals surface area contributed by atoms with Crippen LogP contribution in [0.4, 0.5) is 4.79 Å². The van der Waals surface area contributed by atoms with Crippen LogP contribution in [0.25, 0.3) is 6.08 Å². The van der Waals surface area contributed by atoms with Gasteiger partial charge in [-0.1, -0.05) is 23.7 Å². The first-order valence-electron chi connectivity index (χ1n) is 6.83. The van der Waals surface area contributed by atoms with Gasteiger partial charge >= 0.3 is 6.03 Å². The third kappa shape index (κ3) is 4.49. The third-order valence-electron chi connectivity index (χ3n) is 3.54. The Hall–Kier alpha value is -2.01. The van der Waals surface area contributed by atoms with E-state index >= 15 is 0 Å². The van der Waals surface area contributed by atoms with Crippen molar-refractivity contribution in [3.63, 3.8) is 0 Å². The Bertz CT molecular complexity index is 534. The number of nitrogens with zero attached hydrogens (tertiary/aromatic N) is 1. The fourth-order valence-corrected chi connectivity index (χ4v) is 2.37. The van der Waals surface area contributed by atoms with Crippen LogP contribution in [-0.2, 0) is 4.79 Å². The molecule has 1 aliphatic heterocycles. The summed E-state index contributed by atoms with van der Waals surface area (Å²) in [7, 11) is 0. The lowest BCUT2D eigenvalue weighted by atomic mass is 9.96. The zero-order valence-corrected chi connectivity index (χ0v) is 12.3. The van der Waals surface area contributed by atoms with Gasteiger partial charge in [-0.25, -0.2) is 4.79 Å². The highest BCUT2D eigenvalue weighted by Gasteiger charge is 2.25. The van der Waals surface area contributed by atoms with Gasteiger partial charge in [0.25, 0.3) is 0 Å². The van der Waals surface area contributed by atoms with Crippen molar-refractivity contribution in [1.82, 2.24) is 10.2 Å². The van der Waals surface area contributed by atoms with Gasteiger partial charge in [0.05, 0.1) is 0 Å². The van der Waals surface area contributed by atoms with Gasteiger partial charge in [0.2, 0.25) is 5.91 Å². The molecule has 1 aromatic rings. The molecule has 1 aromatic carbocycles. The number of hydrogen-bond acceptors (Lipinski definition) is 2. The molecule has 1 heterocycles. The minimum Gasteiger partial charge on any atom is -0.369 e. The number of urea groups is 1. The average molecular weight is 308 g/mol. The van der Waals surface area contributed by atoms with Crippen LogP contribution < -0.4 is 11.1 Å². The van der Waals surface area contributed by atoms with E-state index in [1.54, 1.807) is 29.3 Å². The van der Waals surface area contributed by atoms with Crippen molar-refractivity contribution in [1.29, 1.82) is 0 Å². The molecule has 112 valence electrons. The smallest absolute Gasteiger partial charge is 0.321 e. The SMILES string of the molecule is NC(=O)C1CCN(C(=O)N/C=C/c2ccc(Cl)cc2)CC1. The molecule has 0 unspecified atom stereocenters. The zero-order valence-electron chi connectivity index (χ0n) is 11.6. The lowest BCUT2D eigenvalue weighted by Gasteiger charge is -2.30. The van der Waals surface area contributed by atoms with Crippen LogP contribution in [0, 0.1) is 5.92 Å². The summed E-state index contributed by atoms with van der Waals surface area (Å²) in [6.07, 6.45) is 4.66. The molecular weight excluding hydrogens is 290 g/mol. The van der Waals surface area contributed by atoms with E-state index in [0.717, 1.165) is 5.56 Å². The number of benzene rings is 1. The van der Waals surface area contributed by atoms with E-state index in [-0.39, 0.29) is 17.9 Å². The fraction of sp³-hybridized carbons (Fsp3) is 0.333. The summed E-state index contributed by atoms with van der Waals surface area (Å²) in [4.78, 5) is 24.7. The Labute approximate surface area is 128 Å². The number of likely N-dealkylation sites (tertiary alicyclic amines) is 1. The Morgan fingerprint density at radius 3 is 2.43 bits per heavy atom. The summed E-state index contributed by atoms with van der Waals surface area (Å²) in [5, 5.41) is 3.39. The molecule has 0 radical (unpaired) electrons. The molecular formula is C15H18ClN3O2. The molecule has 0 atom stereocenters. The molecule has 1 aliphatic rings. The maximum Gasteiger partial charge on any atom is 0.321 e. The van der Waals surface area contributed by atoms with Crippen molar-refractivity contribution in [3.8, 4) is 0 Å². The van der Waals surface area contributed by atoms with Crippen LogP contribution in [0.2, 0.25) is 5.02 Å². The number of amides is 3. The number of primary amides is 1. The molecule has 0 spiro atoms. The van der Waals surface area contributed by atoms with Gasteiger partial charge in [0, 0.05) is 30.2 Å². The number of nitrogens with one attached hydrogen (secondary N) is 1. The molecule has 1 saturated heterocycles. The molecule has 6 heteroatoms. The summed E-state index contributed by atoms with van der Waals surface area (Å²) < 4.78 is 0. The highest BCUT2D eigenvalue weighted by molar-refractivity contribution is 6.30. The van der Waals surface area contributed by atoms with E-state index in [1.165, 1.54) is 0 Å². The minimum atomic E-state index is -0.280. The fourth-order valence-electron chi connectivity index (χ4n) is 2.24. The third-order valence-corrected chi connectivity index (χ3v) is 3.79. The first-order valence-corrected chi connectivity index (χ1v) is 7.21. The zero-order chi connectivity index (χ0) is 15.2. The predicted octanol–water partition coefficient (Wildman–Crippen LogP) is 2.22. The number of halogens is 1. The molecule has 0 aromatic heterocycles. The minimum absolute atomic E-state index is 0.112. The molecule has 2 rings (SSSR count). The first kappa shape index (κ1) is 15.4. The summed E-state index contributed by atoms with van der Waals surface area (Å²) in [5.41, 5.74) is 6.22. The molecule has 0 aliphatic carbocycles. The lowest BCUT2D eigenvalue weighted by molar-refractivity contribution is -0.122. The largest absolute Gasteiger partial charge is 0.369 e. The van der Waals surface area contributed by atoms with E-state index in [4.69, 9.17) is 17.3 Å². The number of rotatable bonds is 3. The monoisotopic (exact) mass is 307 g/mol. The van der Waals surface area contributed by atoms with E-state index in [9.17, 15) is 9.59 Å². The van der Waals surface area contributed by atoms with E-state index < -0.39 is 0 Å². The van der Waals surface area contributed by atoms with E-state index in [1.807, 2.05) is 12.1 Å². The van der Waals surface area contributed by atoms with Crippen LogP contribution in [0.5, 0.6) is 0 Å². The second-order valence-electron chi connectivity index (χ2n) is 5.00. The summed E-state index contributed by atoms with van der Waals surface area (Å²) >= 11 is 5.80. The molecule has 5 nitrogen and oxygen atoms in total. The van der Waals surface area contributed by atoms with Crippen molar-refractivity contribution in [2.75, 3.05) is 13.1 Å². The first-order chi connectivity index (χ1) is 10.1. The molecule has 3 N–H and O–H groups in total. The topological polar surface area (TPSA) is 75.4 Å². The predicted molar refractivity (Wildman–Crippen MR) is 82.5 cm³/mol. The van der Waals surface area contributed by atoms with E-state index in [2.05, 4.69) is 5.32 Å². The van der Waals surface area contributed by atoms with Gasteiger partial charge < -0.3 is 16.0 Å². The van der Waals surface area contributed by atoms with E-state index in [0.29, 0.717) is 31.0 Å². The maximum absolute atomic E-state index is 11.9. The number of piperidine rings is 1. The Morgan fingerprint density at radius 1 is 1.24 bits per heavy atom. The van der Waals surface area contributed by atoms with Gasteiger partial charge in [-0.15, -0.1) is 0 Å². The van der Waals surface area contributed by atoms with Crippen molar-refractivity contribution < 1.29 is 9.59 Å². The summed E-state index contributed by atoms with van der Waals surface area (Å²) in [5.74, 6) is -0.392. The van der Waals surface area contributed by atoms with Crippen LogP contribution in [0.1, 0.15) is 18.4 Å². The maximum atomic E-state index is 11.9. The molecule has 0 bridgehead atoms. The Kier molecular flexibility index (Phi) is 5.22. The number of carbonyl (C=O) groups excluding carboxylic acids is 2. The average Bonchev–Trinajstić information content (AvgIpc) is 2.49. The van der Waals surface area contributed by atoms with Crippen LogP contribution in [0.15, 0.2) is 30.5 Å². The quantitative estimate of drug-likeness (QED) is 0.898. The number of carbonyl (C=O) groups is 2. The number of hydrogen-bond donors (Lipinski definition) is 2. The second-order valence-corrected chi connectivity index (χ2v) is 5.43. The normalized spacial score (nSPS) is 16.1. The van der Waals surface area contributed by atoms with Crippen LogP contribution >= 0.6 is 11.6 Å². The molecule has 3 amide bonds. The van der Waals surface area contributed by atoms with Crippen molar-refractivity contribution >= 4 is 29.6 Å². The Balaban J connectivity index is 1.80. The summed E-state index contributed by atoms with van der Waals surface area (Å²) in [6.45, 7) is 1.10. The van der Waals surface area contributed by atoms with Crippen molar-refractivity contribution in [3.05, 3.63) is 41.1 Å². The van der Waals surface area contributed by atoms with Gasteiger partial charge in [-0.05, 0) is 36.6 Å². The lowest BCUT2D eigenvalue weighted by Crippen LogP contribution is -2.45. The Morgan fingerprint density at radius 2 is 1.86 bits per heavy atom. The van der Waals surface area contributed by atoms with Crippen molar-refractivity contribution in [2.24, 2.45) is 11.7 Å². The van der Waals surface area contributed by atoms with Crippen molar-refractivity contribution in [2.45, 2.75) is 12.8 Å².